The molecule has 1 saturated carbocycles. The van der Waals surface area contributed by atoms with Crippen LogP contribution in [0, 0.1) is 11.8 Å². The van der Waals surface area contributed by atoms with Crippen molar-refractivity contribution in [2.75, 3.05) is 26.2 Å². The standard InChI is InChI=1S/C21H32N4O2/c26-20(24-15-17-7-2-1-3-8-17)22-12-6-13-23-21(27)25-14-11-18-9-4-5-10-19(18)16-25/h1-3,7-8,18-19H,4-6,9-16H2,(H,23,27)(H2,22,24,26). The van der Waals surface area contributed by atoms with E-state index in [1.807, 2.05) is 35.2 Å². The highest BCUT2D eigenvalue weighted by atomic mass is 16.2. The third-order valence-corrected chi connectivity index (χ3v) is 5.79. The van der Waals surface area contributed by atoms with Gasteiger partial charge in [-0.05, 0) is 36.7 Å². The maximum atomic E-state index is 12.3. The molecule has 0 bridgehead atoms. The molecule has 0 aromatic heterocycles. The van der Waals surface area contributed by atoms with E-state index >= 15 is 0 Å². The molecule has 1 aromatic rings. The van der Waals surface area contributed by atoms with Gasteiger partial charge >= 0.3 is 12.1 Å². The van der Waals surface area contributed by atoms with Crippen LogP contribution in [0.2, 0.25) is 0 Å². The van der Waals surface area contributed by atoms with Crippen LogP contribution in [0.5, 0.6) is 0 Å². The molecule has 0 spiro atoms. The fourth-order valence-corrected chi connectivity index (χ4v) is 4.22. The van der Waals surface area contributed by atoms with Gasteiger partial charge in [-0.1, -0.05) is 49.6 Å². The lowest BCUT2D eigenvalue weighted by Crippen LogP contribution is -2.49. The first-order valence-corrected chi connectivity index (χ1v) is 10.3. The molecule has 0 radical (unpaired) electrons. The lowest BCUT2D eigenvalue weighted by Gasteiger charge is -2.41. The number of urea groups is 2. The summed E-state index contributed by atoms with van der Waals surface area (Å²) in [5.74, 6) is 1.54. The summed E-state index contributed by atoms with van der Waals surface area (Å²) in [5.41, 5.74) is 1.07. The third-order valence-electron chi connectivity index (χ3n) is 5.79. The van der Waals surface area contributed by atoms with Crippen molar-refractivity contribution in [1.29, 1.82) is 0 Å². The number of piperidine rings is 1. The minimum absolute atomic E-state index is 0.0487. The summed E-state index contributed by atoms with van der Waals surface area (Å²) in [5, 5.41) is 8.65. The van der Waals surface area contributed by atoms with E-state index in [9.17, 15) is 9.59 Å². The minimum atomic E-state index is -0.176. The first kappa shape index (κ1) is 19.5. The quantitative estimate of drug-likeness (QED) is 0.672. The van der Waals surface area contributed by atoms with Crippen molar-refractivity contribution >= 4 is 12.1 Å². The zero-order valence-corrected chi connectivity index (χ0v) is 16.1. The number of rotatable bonds is 6. The Morgan fingerprint density at radius 3 is 2.48 bits per heavy atom. The number of nitrogens with zero attached hydrogens (tertiary/aromatic N) is 1. The molecule has 2 fully saturated rings. The second-order valence-electron chi connectivity index (χ2n) is 7.72. The van der Waals surface area contributed by atoms with Crippen LogP contribution in [0.4, 0.5) is 9.59 Å². The van der Waals surface area contributed by atoms with Crippen molar-refractivity contribution in [1.82, 2.24) is 20.9 Å². The zero-order chi connectivity index (χ0) is 18.9. The van der Waals surface area contributed by atoms with Gasteiger partial charge in [0.15, 0.2) is 0 Å². The maximum Gasteiger partial charge on any atom is 0.317 e. The average Bonchev–Trinajstić information content (AvgIpc) is 2.72. The van der Waals surface area contributed by atoms with Gasteiger partial charge in [0.1, 0.15) is 0 Å². The van der Waals surface area contributed by atoms with Crippen LogP contribution in [-0.4, -0.2) is 43.1 Å². The molecule has 2 aliphatic rings. The number of nitrogens with one attached hydrogen (secondary N) is 3. The molecule has 1 saturated heterocycles. The van der Waals surface area contributed by atoms with Crippen LogP contribution < -0.4 is 16.0 Å². The molecule has 4 amide bonds. The van der Waals surface area contributed by atoms with Crippen LogP contribution in [0.15, 0.2) is 30.3 Å². The van der Waals surface area contributed by atoms with E-state index in [1.54, 1.807) is 0 Å². The van der Waals surface area contributed by atoms with Crippen LogP contribution in [0.25, 0.3) is 0 Å². The number of hydrogen-bond acceptors (Lipinski definition) is 2. The van der Waals surface area contributed by atoms with Gasteiger partial charge in [-0.3, -0.25) is 0 Å². The summed E-state index contributed by atoms with van der Waals surface area (Å²) in [6.45, 7) is 3.44. The Morgan fingerprint density at radius 1 is 0.926 bits per heavy atom. The van der Waals surface area contributed by atoms with Crippen molar-refractivity contribution in [2.45, 2.75) is 45.1 Å². The number of fused-ring (bicyclic) bond motifs is 1. The Morgan fingerprint density at radius 2 is 1.67 bits per heavy atom. The molecule has 1 heterocycles. The highest BCUT2D eigenvalue weighted by Gasteiger charge is 2.32. The summed E-state index contributed by atoms with van der Waals surface area (Å²) in [4.78, 5) is 26.1. The Bertz CT molecular complexity index is 607. The van der Waals surface area contributed by atoms with Gasteiger partial charge in [-0.15, -0.1) is 0 Å². The molecular weight excluding hydrogens is 340 g/mol. The average molecular weight is 373 g/mol. The first-order chi connectivity index (χ1) is 13.2. The zero-order valence-electron chi connectivity index (χ0n) is 16.1. The number of likely N-dealkylation sites (tertiary alicyclic amines) is 1. The van der Waals surface area contributed by atoms with E-state index in [1.165, 1.54) is 25.7 Å². The molecule has 2 unspecified atom stereocenters. The third kappa shape index (κ3) is 6.15. The number of benzene rings is 1. The Kier molecular flexibility index (Phi) is 7.36. The highest BCUT2D eigenvalue weighted by molar-refractivity contribution is 5.74. The van der Waals surface area contributed by atoms with Gasteiger partial charge in [0.2, 0.25) is 0 Å². The fraction of sp³-hybridized carbons (Fsp3) is 0.619. The topological polar surface area (TPSA) is 73.5 Å². The summed E-state index contributed by atoms with van der Waals surface area (Å²) < 4.78 is 0. The van der Waals surface area contributed by atoms with Gasteiger partial charge in [0, 0.05) is 32.7 Å². The fourth-order valence-electron chi connectivity index (χ4n) is 4.22. The van der Waals surface area contributed by atoms with Gasteiger partial charge in [0.25, 0.3) is 0 Å². The Balaban J connectivity index is 1.24. The highest BCUT2D eigenvalue weighted by Crippen LogP contribution is 2.35. The summed E-state index contributed by atoms with van der Waals surface area (Å²) in [7, 11) is 0. The molecule has 6 nitrogen and oxygen atoms in total. The predicted octanol–water partition coefficient (Wildman–Crippen LogP) is 3.10. The molecule has 1 aliphatic heterocycles. The molecule has 148 valence electrons. The lowest BCUT2D eigenvalue weighted by molar-refractivity contribution is 0.102. The van der Waals surface area contributed by atoms with Crippen molar-refractivity contribution in [3.05, 3.63) is 35.9 Å². The molecular formula is C21H32N4O2. The van der Waals surface area contributed by atoms with Gasteiger partial charge in [-0.25, -0.2) is 9.59 Å². The number of hydrogen-bond donors (Lipinski definition) is 3. The van der Waals surface area contributed by atoms with Gasteiger partial charge in [-0.2, -0.15) is 0 Å². The van der Waals surface area contributed by atoms with Gasteiger partial charge < -0.3 is 20.9 Å². The smallest absolute Gasteiger partial charge is 0.317 e. The molecule has 3 rings (SSSR count). The predicted molar refractivity (Wildman–Crippen MR) is 106 cm³/mol. The first-order valence-electron chi connectivity index (χ1n) is 10.3. The summed E-state index contributed by atoms with van der Waals surface area (Å²) in [6, 6.07) is 9.69. The molecule has 6 heteroatoms. The largest absolute Gasteiger partial charge is 0.338 e. The molecule has 3 N–H and O–H groups in total. The summed E-state index contributed by atoms with van der Waals surface area (Å²) in [6.07, 6.45) is 7.17. The Hall–Kier alpha value is -2.24. The van der Waals surface area contributed by atoms with Crippen LogP contribution >= 0.6 is 0 Å². The molecule has 27 heavy (non-hydrogen) atoms. The van der Waals surface area contributed by atoms with E-state index in [0.717, 1.165) is 37.4 Å². The number of carbonyl (C=O) groups excluding carboxylic acids is 2. The number of amides is 4. The van der Waals surface area contributed by atoms with E-state index in [2.05, 4.69) is 16.0 Å². The molecule has 1 aromatic carbocycles. The van der Waals surface area contributed by atoms with Crippen LogP contribution in [-0.2, 0) is 6.54 Å². The van der Waals surface area contributed by atoms with Crippen LogP contribution in [0.1, 0.15) is 44.1 Å². The van der Waals surface area contributed by atoms with Crippen molar-refractivity contribution in [3.8, 4) is 0 Å². The lowest BCUT2D eigenvalue weighted by atomic mass is 9.75. The monoisotopic (exact) mass is 372 g/mol. The molecule has 2 atom stereocenters. The van der Waals surface area contributed by atoms with Crippen molar-refractivity contribution in [2.24, 2.45) is 11.8 Å². The normalized spacial score (nSPS) is 21.9. The Labute approximate surface area is 162 Å². The van der Waals surface area contributed by atoms with Crippen LogP contribution in [0.3, 0.4) is 0 Å². The molecule has 1 aliphatic carbocycles. The van der Waals surface area contributed by atoms with E-state index in [4.69, 9.17) is 0 Å². The summed E-state index contributed by atoms with van der Waals surface area (Å²) >= 11 is 0. The second-order valence-corrected chi connectivity index (χ2v) is 7.72. The van der Waals surface area contributed by atoms with E-state index < -0.39 is 0 Å². The maximum absolute atomic E-state index is 12.3. The van der Waals surface area contributed by atoms with Crippen molar-refractivity contribution < 1.29 is 9.59 Å². The number of carbonyl (C=O) groups is 2. The SMILES string of the molecule is O=C(NCCCNC(=O)N1CCC2CCCCC2C1)NCc1ccccc1. The van der Waals surface area contributed by atoms with E-state index in [-0.39, 0.29) is 12.1 Å². The van der Waals surface area contributed by atoms with E-state index in [0.29, 0.717) is 25.6 Å². The van der Waals surface area contributed by atoms with Crippen molar-refractivity contribution in [3.63, 3.8) is 0 Å². The minimum Gasteiger partial charge on any atom is -0.338 e. The second kappa shape index (κ2) is 10.2. The van der Waals surface area contributed by atoms with Gasteiger partial charge in [0.05, 0.1) is 0 Å².